The number of halogens is 1. The van der Waals surface area contributed by atoms with E-state index in [2.05, 4.69) is 32.7 Å². The minimum atomic E-state index is 0.493. The predicted octanol–water partition coefficient (Wildman–Crippen LogP) is 5.73. The normalized spacial score (nSPS) is 11.0. The number of benzene rings is 2. The summed E-state index contributed by atoms with van der Waals surface area (Å²) < 4.78 is 5.71. The molecule has 0 radical (unpaired) electrons. The maximum absolute atomic E-state index is 5.90. The number of rotatable bonds is 6. The van der Waals surface area contributed by atoms with Gasteiger partial charge in [-0.3, -0.25) is 0 Å². The second-order valence-electron chi connectivity index (χ2n) is 5.56. The Hall–Kier alpha value is -2.15. The van der Waals surface area contributed by atoms with Gasteiger partial charge in [0.05, 0.1) is 10.7 Å². The topological polar surface area (TPSA) is 51.8 Å². The van der Waals surface area contributed by atoms with Gasteiger partial charge in [-0.1, -0.05) is 53.7 Å². The summed E-state index contributed by atoms with van der Waals surface area (Å²) in [5.41, 5.74) is 3.15. The molecular weight excluding hydrogens is 386 g/mol. The molecule has 4 nitrogen and oxygen atoms in total. The Morgan fingerprint density at radius 3 is 2.62 bits per heavy atom. The number of aromatic nitrogens is 3. The Morgan fingerprint density at radius 2 is 1.81 bits per heavy atom. The van der Waals surface area contributed by atoms with Gasteiger partial charge in [-0.15, -0.1) is 21.5 Å². The van der Waals surface area contributed by atoms with E-state index in [-0.39, 0.29) is 0 Å². The molecule has 0 fully saturated rings. The van der Waals surface area contributed by atoms with Crippen LogP contribution < -0.4 is 0 Å². The van der Waals surface area contributed by atoms with Gasteiger partial charge < -0.3 is 4.42 Å². The number of hydrogen-bond donors (Lipinski definition) is 0. The third-order valence-corrected chi connectivity index (χ3v) is 5.64. The summed E-state index contributed by atoms with van der Waals surface area (Å²) in [5, 5.41) is 12.6. The fourth-order valence-electron chi connectivity index (χ4n) is 2.38. The summed E-state index contributed by atoms with van der Waals surface area (Å²) in [5.74, 6) is 1.19. The smallest absolute Gasteiger partial charge is 0.277 e. The van der Waals surface area contributed by atoms with Crippen LogP contribution in [-0.4, -0.2) is 15.2 Å². The quantitative estimate of drug-likeness (QED) is 0.387. The maximum atomic E-state index is 5.90. The average Bonchev–Trinajstić information content (AvgIpc) is 3.31. The van der Waals surface area contributed by atoms with Gasteiger partial charge in [0, 0.05) is 28.1 Å². The molecule has 0 aliphatic carbocycles. The van der Waals surface area contributed by atoms with Gasteiger partial charge in [-0.25, -0.2) is 4.98 Å². The molecule has 7 heteroatoms. The molecule has 0 saturated carbocycles. The van der Waals surface area contributed by atoms with E-state index in [1.807, 2.05) is 30.3 Å². The highest BCUT2D eigenvalue weighted by Gasteiger charge is 2.10. The van der Waals surface area contributed by atoms with Crippen molar-refractivity contribution in [1.29, 1.82) is 0 Å². The first-order chi connectivity index (χ1) is 12.8. The van der Waals surface area contributed by atoms with Gasteiger partial charge in [0.2, 0.25) is 5.89 Å². The van der Waals surface area contributed by atoms with Crippen LogP contribution in [-0.2, 0) is 12.2 Å². The van der Waals surface area contributed by atoms with Crippen LogP contribution >= 0.6 is 34.7 Å². The van der Waals surface area contributed by atoms with Gasteiger partial charge in [-0.05, 0) is 29.8 Å². The van der Waals surface area contributed by atoms with Crippen LogP contribution in [0.4, 0.5) is 0 Å². The Balaban J connectivity index is 1.37. The highest BCUT2D eigenvalue weighted by molar-refractivity contribution is 7.98. The third kappa shape index (κ3) is 4.33. The summed E-state index contributed by atoms with van der Waals surface area (Å²) >= 11 is 9.07. The lowest BCUT2D eigenvalue weighted by Gasteiger charge is -1.96. The first-order valence-corrected chi connectivity index (χ1v) is 10.2. The molecule has 0 atom stereocenters. The van der Waals surface area contributed by atoms with E-state index in [1.54, 1.807) is 23.5 Å². The molecule has 4 aromatic rings. The molecule has 0 spiro atoms. The Morgan fingerprint density at radius 1 is 1.00 bits per heavy atom. The Kier molecular flexibility index (Phi) is 5.34. The van der Waals surface area contributed by atoms with Crippen molar-refractivity contribution in [1.82, 2.24) is 15.2 Å². The molecule has 0 N–H and O–H groups in total. The second kappa shape index (κ2) is 8.03. The summed E-state index contributed by atoms with van der Waals surface area (Å²) in [6.45, 7) is 0. The molecule has 4 rings (SSSR count). The molecule has 0 unspecified atom stereocenters. The largest absolute Gasteiger partial charge is 0.411 e. The van der Waals surface area contributed by atoms with Gasteiger partial charge in [0.1, 0.15) is 0 Å². The van der Waals surface area contributed by atoms with Gasteiger partial charge in [-0.2, -0.15) is 0 Å². The van der Waals surface area contributed by atoms with Crippen molar-refractivity contribution in [2.24, 2.45) is 0 Å². The molecule has 0 saturated heterocycles. The second-order valence-corrected chi connectivity index (χ2v) is 7.87. The van der Waals surface area contributed by atoms with Crippen molar-refractivity contribution in [3.8, 4) is 11.5 Å². The zero-order valence-corrected chi connectivity index (χ0v) is 16.0. The van der Waals surface area contributed by atoms with Crippen LogP contribution in [0.1, 0.15) is 16.3 Å². The lowest BCUT2D eigenvalue weighted by Crippen LogP contribution is -1.88. The Bertz CT molecular complexity index is 983. The van der Waals surface area contributed by atoms with Crippen LogP contribution in [0.3, 0.4) is 0 Å². The number of thiazole rings is 1. The van der Waals surface area contributed by atoms with Crippen LogP contribution in [0.15, 0.2) is 69.6 Å². The van der Waals surface area contributed by atoms with Crippen molar-refractivity contribution in [3.63, 3.8) is 0 Å². The molecule has 2 heterocycles. The summed E-state index contributed by atoms with van der Waals surface area (Å²) in [7, 11) is 0. The minimum Gasteiger partial charge on any atom is -0.411 e. The number of nitrogens with zero attached hydrogens (tertiary/aromatic N) is 3. The molecule has 130 valence electrons. The van der Waals surface area contributed by atoms with Crippen molar-refractivity contribution < 1.29 is 4.42 Å². The molecular formula is C19H14ClN3OS2. The fraction of sp³-hybridized carbons (Fsp3) is 0.105. The first-order valence-electron chi connectivity index (χ1n) is 7.96. The van der Waals surface area contributed by atoms with E-state index < -0.39 is 0 Å². The molecule has 26 heavy (non-hydrogen) atoms. The van der Waals surface area contributed by atoms with Crippen LogP contribution in [0.2, 0.25) is 5.02 Å². The average molecular weight is 400 g/mol. The van der Waals surface area contributed by atoms with Crippen molar-refractivity contribution in [3.05, 3.63) is 81.3 Å². The zero-order chi connectivity index (χ0) is 17.8. The monoisotopic (exact) mass is 399 g/mol. The van der Waals surface area contributed by atoms with Crippen molar-refractivity contribution >= 4 is 34.7 Å². The lowest BCUT2D eigenvalue weighted by atomic mass is 10.2. The molecule has 0 amide bonds. The van der Waals surface area contributed by atoms with E-state index in [0.717, 1.165) is 22.7 Å². The molecule has 0 aliphatic heterocycles. The van der Waals surface area contributed by atoms with E-state index in [9.17, 15) is 0 Å². The number of thioether (sulfide) groups is 1. The SMILES string of the molecule is Clc1ccc(-c2nnc(SCc3csc(Cc4ccccc4)n3)o2)cc1. The van der Waals surface area contributed by atoms with Crippen LogP contribution in [0.25, 0.3) is 11.5 Å². The van der Waals surface area contributed by atoms with E-state index in [0.29, 0.717) is 21.9 Å². The first kappa shape index (κ1) is 17.3. The maximum Gasteiger partial charge on any atom is 0.277 e. The highest BCUT2D eigenvalue weighted by atomic mass is 35.5. The van der Waals surface area contributed by atoms with Crippen molar-refractivity contribution in [2.75, 3.05) is 0 Å². The molecule has 2 aromatic heterocycles. The standard InChI is InChI=1S/C19H14ClN3OS2/c20-15-8-6-14(7-9-15)18-22-23-19(24-18)26-12-16-11-25-17(21-16)10-13-4-2-1-3-5-13/h1-9,11H,10,12H2. The molecule has 2 aromatic carbocycles. The van der Waals surface area contributed by atoms with Gasteiger partial charge in [0.15, 0.2) is 0 Å². The van der Waals surface area contributed by atoms with Gasteiger partial charge >= 0.3 is 0 Å². The van der Waals surface area contributed by atoms with E-state index in [4.69, 9.17) is 16.0 Å². The summed E-state index contributed by atoms with van der Waals surface area (Å²) in [6.07, 6.45) is 0.859. The lowest BCUT2D eigenvalue weighted by molar-refractivity contribution is 0.466. The van der Waals surface area contributed by atoms with E-state index >= 15 is 0 Å². The van der Waals surface area contributed by atoms with Gasteiger partial charge in [0.25, 0.3) is 5.22 Å². The Labute approximate surface area is 164 Å². The predicted molar refractivity (Wildman–Crippen MR) is 106 cm³/mol. The molecule has 0 aliphatic rings. The minimum absolute atomic E-state index is 0.493. The third-order valence-electron chi connectivity index (χ3n) is 3.64. The van der Waals surface area contributed by atoms with Crippen molar-refractivity contribution in [2.45, 2.75) is 17.4 Å². The highest BCUT2D eigenvalue weighted by Crippen LogP contribution is 2.27. The fourth-order valence-corrected chi connectivity index (χ4v) is 4.10. The van der Waals surface area contributed by atoms with E-state index in [1.165, 1.54) is 17.3 Å². The zero-order valence-electron chi connectivity index (χ0n) is 13.6. The van der Waals surface area contributed by atoms with Crippen LogP contribution in [0, 0.1) is 0 Å². The summed E-state index contributed by atoms with van der Waals surface area (Å²) in [4.78, 5) is 4.69. The number of hydrogen-bond acceptors (Lipinski definition) is 6. The molecule has 0 bridgehead atoms. The van der Waals surface area contributed by atoms with Crippen LogP contribution in [0.5, 0.6) is 0 Å². The summed E-state index contributed by atoms with van der Waals surface area (Å²) in [6, 6.07) is 17.7.